The number of rotatable bonds is 7. The van der Waals surface area contributed by atoms with Crippen molar-refractivity contribution in [2.75, 3.05) is 11.0 Å². The van der Waals surface area contributed by atoms with Gasteiger partial charge in [0.1, 0.15) is 5.82 Å². The van der Waals surface area contributed by atoms with Crippen molar-refractivity contribution in [3.05, 3.63) is 30.1 Å². The summed E-state index contributed by atoms with van der Waals surface area (Å²) >= 11 is 2.29. The average Bonchev–Trinajstić information content (AvgIpc) is 2.29. The molecule has 17 heavy (non-hydrogen) atoms. The van der Waals surface area contributed by atoms with E-state index in [4.69, 9.17) is 0 Å². The predicted octanol–water partition coefficient (Wildman–Crippen LogP) is 2.71. The quantitative estimate of drug-likeness (QED) is 0.455. The summed E-state index contributed by atoms with van der Waals surface area (Å²) in [6.07, 6.45) is 2.93. The number of unbranched alkanes of at least 4 members (excludes halogenated alkanes) is 2. The summed E-state index contributed by atoms with van der Waals surface area (Å²) in [7, 11) is -3.48. The van der Waals surface area contributed by atoms with E-state index >= 15 is 0 Å². The second-order valence-corrected chi connectivity index (χ2v) is 6.45. The van der Waals surface area contributed by atoms with Crippen LogP contribution in [0, 0.1) is 5.82 Å². The molecule has 0 amide bonds. The summed E-state index contributed by atoms with van der Waals surface area (Å²) in [5, 5.41) is 0. The van der Waals surface area contributed by atoms with Gasteiger partial charge in [-0.25, -0.2) is 17.5 Å². The topological polar surface area (TPSA) is 46.2 Å². The molecule has 0 spiro atoms. The molecule has 96 valence electrons. The van der Waals surface area contributed by atoms with E-state index in [9.17, 15) is 12.8 Å². The number of alkyl halides is 1. The molecule has 0 aliphatic rings. The minimum absolute atomic E-state index is 0.104. The van der Waals surface area contributed by atoms with Gasteiger partial charge in [0.25, 0.3) is 0 Å². The first-order valence-corrected chi connectivity index (χ1v) is 8.38. The van der Waals surface area contributed by atoms with Gasteiger partial charge in [-0.2, -0.15) is 0 Å². The third-order valence-corrected chi connectivity index (χ3v) is 4.47. The Hall–Kier alpha value is -0.210. The molecular formula is C11H15FINO2S. The van der Waals surface area contributed by atoms with E-state index in [1.54, 1.807) is 0 Å². The average molecular weight is 371 g/mol. The molecular weight excluding hydrogens is 356 g/mol. The van der Waals surface area contributed by atoms with Crippen molar-refractivity contribution in [3.8, 4) is 0 Å². The molecule has 6 heteroatoms. The number of nitrogens with one attached hydrogen (secondary N) is 1. The van der Waals surface area contributed by atoms with Crippen molar-refractivity contribution in [2.45, 2.75) is 24.2 Å². The van der Waals surface area contributed by atoms with Crippen LogP contribution in [-0.2, 0) is 10.0 Å². The van der Waals surface area contributed by atoms with Gasteiger partial charge in [0, 0.05) is 6.54 Å². The number of benzene rings is 1. The van der Waals surface area contributed by atoms with Crippen LogP contribution in [0.4, 0.5) is 4.39 Å². The number of hydrogen-bond acceptors (Lipinski definition) is 2. The second kappa shape index (κ2) is 7.27. The van der Waals surface area contributed by atoms with E-state index < -0.39 is 15.8 Å². The Balaban J connectivity index is 2.48. The lowest BCUT2D eigenvalue weighted by molar-refractivity contribution is 0.575. The predicted molar refractivity (Wildman–Crippen MR) is 74.3 cm³/mol. The molecule has 0 atom stereocenters. The van der Waals surface area contributed by atoms with Crippen molar-refractivity contribution in [3.63, 3.8) is 0 Å². The van der Waals surface area contributed by atoms with Crippen molar-refractivity contribution in [1.29, 1.82) is 0 Å². The fourth-order valence-corrected chi connectivity index (χ4v) is 2.91. The Morgan fingerprint density at radius 3 is 2.35 bits per heavy atom. The van der Waals surface area contributed by atoms with E-state index in [-0.39, 0.29) is 4.90 Å². The maximum atomic E-state index is 12.7. The molecule has 0 radical (unpaired) electrons. The molecule has 0 aliphatic carbocycles. The van der Waals surface area contributed by atoms with E-state index in [0.29, 0.717) is 6.54 Å². The molecule has 0 heterocycles. The van der Waals surface area contributed by atoms with Crippen molar-refractivity contribution >= 4 is 32.6 Å². The van der Waals surface area contributed by atoms with Gasteiger partial charge in [-0.3, -0.25) is 0 Å². The highest BCUT2D eigenvalue weighted by molar-refractivity contribution is 14.1. The Bertz CT molecular complexity index is 433. The fraction of sp³-hybridized carbons (Fsp3) is 0.455. The second-order valence-electron chi connectivity index (χ2n) is 3.60. The number of hydrogen-bond donors (Lipinski definition) is 1. The summed E-state index contributed by atoms with van der Waals surface area (Å²) in [4.78, 5) is 0.104. The molecule has 3 nitrogen and oxygen atoms in total. The van der Waals surface area contributed by atoms with Crippen LogP contribution < -0.4 is 4.72 Å². The van der Waals surface area contributed by atoms with E-state index in [1.165, 1.54) is 12.1 Å². The Kier molecular flexibility index (Phi) is 6.35. The molecule has 0 bridgehead atoms. The molecule has 0 saturated carbocycles. The minimum Gasteiger partial charge on any atom is -0.211 e. The smallest absolute Gasteiger partial charge is 0.211 e. The first kappa shape index (κ1) is 14.8. The van der Waals surface area contributed by atoms with E-state index in [1.807, 2.05) is 0 Å². The summed E-state index contributed by atoms with van der Waals surface area (Å²) in [5.41, 5.74) is 0. The maximum absolute atomic E-state index is 12.7. The van der Waals surface area contributed by atoms with Gasteiger partial charge >= 0.3 is 0 Å². The summed E-state index contributed by atoms with van der Waals surface area (Å²) in [6.45, 7) is 0.427. The molecule has 0 unspecified atom stereocenters. The van der Waals surface area contributed by atoms with Crippen LogP contribution in [0.2, 0.25) is 0 Å². The Morgan fingerprint density at radius 1 is 1.12 bits per heavy atom. The van der Waals surface area contributed by atoms with Crippen LogP contribution in [0.1, 0.15) is 19.3 Å². The van der Waals surface area contributed by atoms with Crippen LogP contribution in [0.15, 0.2) is 29.2 Å². The number of halogens is 2. The highest BCUT2D eigenvalue weighted by atomic mass is 127. The van der Waals surface area contributed by atoms with Crippen molar-refractivity contribution < 1.29 is 12.8 Å². The van der Waals surface area contributed by atoms with E-state index in [2.05, 4.69) is 27.3 Å². The molecule has 0 saturated heterocycles. The molecule has 1 aromatic carbocycles. The van der Waals surface area contributed by atoms with Gasteiger partial charge in [0.2, 0.25) is 10.0 Å². The normalized spacial score (nSPS) is 11.6. The van der Waals surface area contributed by atoms with Gasteiger partial charge < -0.3 is 0 Å². The third-order valence-electron chi connectivity index (χ3n) is 2.23. The van der Waals surface area contributed by atoms with Crippen LogP contribution in [0.5, 0.6) is 0 Å². The largest absolute Gasteiger partial charge is 0.240 e. The summed E-state index contributed by atoms with van der Waals surface area (Å²) in [5.74, 6) is -0.439. The molecule has 1 aromatic rings. The first-order valence-electron chi connectivity index (χ1n) is 5.37. The van der Waals surface area contributed by atoms with Crippen LogP contribution in [0.3, 0.4) is 0 Å². The summed E-state index contributed by atoms with van der Waals surface area (Å²) < 4.78 is 39.7. The fourth-order valence-electron chi connectivity index (χ4n) is 1.30. The summed E-state index contributed by atoms with van der Waals surface area (Å²) in [6, 6.07) is 4.82. The Labute approximate surface area is 115 Å². The van der Waals surface area contributed by atoms with Gasteiger partial charge in [0.05, 0.1) is 4.90 Å². The monoisotopic (exact) mass is 371 g/mol. The van der Waals surface area contributed by atoms with Crippen LogP contribution in [0.25, 0.3) is 0 Å². The lowest BCUT2D eigenvalue weighted by Crippen LogP contribution is -2.24. The number of sulfonamides is 1. The highest BCUT2D eigenvalue weighted by Gasteiger charge is 2.12. The van der Waals surface area contributed by atoms with Gasteiger partial charge in [-0.15, -0.1) is 0 Å². The van der Waals surface area contributed by atoms with Crippen LogP contribution in [-0.4, -0.2) is 19.4 Å². The zero-order chi connectivity index (χ0) is 12.7. The lowest BCUT2D eigenvalue weighted by atomic mass is 10.3. The van der Waals surface area contributed by atoms with Crippen LogP contribution >= 0.6 is 22.6 Å². The lowest BCUT2D eigenvalue weighted by Gasteiger charge is -2.06. The zero-order valence-corrected chi connectivity index (χ0v) is 12.3. The molecule has 1 rings (SSSR count). The molecule has 0 aromatic heterocycles. The zero-order valence-electron chi connectivity index (χ0n) is 9.33. The van der Waals surface area contributed by atoms with E-state index in [0.717, 1.165) is 35.8 Å². The minimum atomic E-state index is -3.48. The first-order chi connectivity index (χ1) is 8.06. The van der Waals surface area contributed by atoms with Gasteiger partial charge in [-0.1, -0.05) is 29.0 Å². The maximum Gasteiger partial charge on any atom is 0.240 e. The van der Waals surface area contributed by atoms with Crippen molar-refractivity contribution in [1.82, 2.24) is 4.72 Å². The SMILES string of the molecule is O=S(=O)(NCCCCCI)c1ccc(F)cc1. The van der Waals surface area contributed by atoms with Gasteiger partial charge in [0.15, 0.2) is 0 Å². The molecule has 0 aliphatic heterocycles. The third kappa shape index (κ3) is 5.31. The van der Waals surface area contributed by atoms with Gasteiger partial charge in [-0.05, 0) is 41.5 Å². The highest BCUT2D eigenvalue weighted by Crippen LogP contribution is 2.09. The van der Waals surface area contributed by atoms with Crippen molar-refractivity contribution in [2.24, 2.45) is 0 Å². The Morgan fingerprint density at radius 2 is 1.76 bits per heavy atom. The molecule has 1 N–H and O–H groups in total. The standard InChI is InChI=1S/C11H15FINO2S/c12-10-4-6-11(7-5-10)17(15,16)14-9-3-1-2-8-13/h4-7,14H,1-3,8-9H2. The molecule has 0 fully saturated rings.